The highest BCUT2D eigenvalue weighted by Crippen LogP contribution is 2.20. The van der Waals surface area contributed by atoms with Crippen molar-refractivity contribution in [1.82, 2.24) is 14.5 Å². The molecule has 0 saturated heterocycles. The van der Waals surface area contributed by atoms with Crippen molar-refractivity contribution in [2.24, 2.45) is 0 Å². The van der Waals surface area contributed by atoms with Crippen LogP contribution in [-0.4, -0.2) is 20.4 Å². The summed E-state index contributed by atoms with van der Waals surface area (Å²) in [5.74, 6) is -0.0209. The molecule has 0 radical (unpaired) electrons. The molecule has 3 aromatic carbocycles. The van der Waals surface area contributed by atoms with Gasteiger partial charge in [-0.15, -0.1) is 0 Å². The molecule has 0 saturated carbocycles. The van der Waals surface area contributed by atoms with Gasteiger partial charge in [0.05, 0.1) is 11.0 Å². The van der Waals surface area contributed by atoms with Crippen LogP contribution < -0.4 is 5.43 Å². The predicted molar refractivity (Wildman–Crippen MR) is 140 cm³/mol. The van der Waals surface area contributed by atoms with Gasteiger partial charge < -0.3 is 9.47 Å². The van der Waals surface area contributed by atoms with Crippen LogP contribution in [0.4, 0.5) is 0 Å². The fraction of sp³-hybridized carbons (Fsp3) is 0.167. The van der Waals surface area contributed by atoms with Gasteiger partial charge in [0.25, 0.3) is 0 Å². The first-order chi connectivity index (χ1) is 17.1. The summed E-state index contributed by atoms with van der Waals surface area (Å²) in [7, 11) is 0. The summed E-state index contributed by atoms with van der Waals surface area (Å²) in [6.45, 7) is 3.22. The summed E-state index contributed by atoms with van der Waals surface area (Å²) in [4.78, 5) is 33.0. The average Bonchev–Trinajstić information content (AvgIpc) is 2.91. The van der Waals surface area contributed by atoms with E-state index in [1.54, 1.807) is 12.4 Å². The van der Waals surface area contributed by atoms with Crippen LogP contribution in [0, 0.1) is 0 Å². The number of benzene rings is 3. The molecule has 1 amide bonds. The van der Waals surface area contributed by atoms with Crippen molar-refractivity contribution >= 4 is 27.7 Å². The number of rotatable bonds is 7. The zero-order chi connectivity index (χ0) is 24.2. The van der Waals surface area contributed by atoms with E-state index in [1.165, 1.54) is 5.56 Å². The lowest BCUT2D eigenvalue weighted by atomic mass is 10.1. The molecule has 5 heteroatoms. The SMILES string of the molecule is CCc1ccc(CN(Cc2cccnc2)C(=O)Cn2c3ccccc3c(=O)c3ccccc32)cc1. The molecule has 2 aromatic heterocycles. The summed E-state index contributed by atoms with van der Waals surface area (Å²) in [5, 5.41) is 1.24. The van der Waals surface area contributed by atoms with E-state index in [0.29, 0.717) is 23.9 Å². The van der Waals surface area contributed by atoms with Crippen LogP contribution >= 0.6 is 0 Å². The molecule has 0 aliphatic heterocycles. The Kier molecular flexibility index (Phi) is 6.40. The molecule has 0 aliphatic carbocycles. The number of nitrogens with zero attached hydrogens (tertiary/aromatic N) is 3. The smallest absolute Gasteiger partial charge is 0.243 e. The lowest BCUT2D eigenvalue weighted by molar-refractivity contribution is -0.133. The Morgan fingerprint density at radius 2 is 1.37 bits per heavy atom. The molecule has 35 heavy (non-hydrogen) atoms. The van der Waals surface area contributed by atoms with Gasteiger partial charge in [-0.3, -0.25) is 14.6 Å². The van der Waals surface area contributed by atoms with Crippen molar-refractivity contribution in [3.8, 4) is 0 Å². The van der Waals surface area contributed by atoms with E-state index < -0.39 is 0 Å². The lowest BCUT2D eigenvalue weighted by Gasteiger charge is -2.25. The molecule has 0 spiro atoms. The van der Waals surface area contributed by atoms with Gasteiger partial charge in [0.1, 0.15) is 6.54 Å². The molecule has 0 N–H and O–H groups in total. The molecule has 5 nitrogen and oxygen atoms in total. The number of carbonyl (C=O) groups excluding carboxylic acids is 1. The third-order valence-corrected chi connectivity index (χ3v) is 6.43. The molecule has 0 fully saturated rings. The second-order valence-electron chi connectivity index (χ2n) is 8.73. The van der Waals surface area contributed by atoms with E-state index in [2.05, 4.69) is 36.2 Å². The predicted octanol–water partition coefficient (Wildman–Crippen LogP) is 5.34. The first-order valence-electron chi connectivity index (χ1n) is 11.9. The van der Waals surface area contributed by atoms with Crippen LogP contribution in [-0.2, 0) is 30.8 Å². The zero-order valence-corrected chi connectivity index (χ0v) is 19.7. The minimum Gasteiger partial charge on any atom is -0.332 e. The number of hydrogen-bond acceptors (Lipinski definition) is 3. The van der Waals surface area contributed by atoms with Crippen molar-refractivity contribution in [2.45, 2.75) is 33.0 Å². The standard InChI is InChI=1S/C30H27N3O2/c1-2-22-13-15-23(16-14-22)19-32(20-24-8-7-17-31-18-24)29(34)21-33-27-11-5-3-9-25(27)30(35)26-10-4-6-12-28(26)33/h3-18H,2,19-21H2,1H3. The van der Waals surface area contributed by atoms with Crippen molar-refractivity contribution < 1.29 is 4.79 Å². The van der Waals surface area contributed by atoms with Crippen molar-refractivity contribution in [1.29, 1.82) is 0 Å². The van der Waals surface area contributed by atoms with E-state index in [-0.39, 0.29) is 17.9 Å². The maximum Gasteiger partial charge on any atom is 0.243 e. The number of hydrogen-bond donors (Lipinski definition) is 0. The minimum absolute atomic E-state index is 0.0110. The minimum atomic E-state index is -0.0209. The number of aromatic nitrogens is 2. The molecule has 0 bridgehead atoms. The van der Waals surface area contributed by atoms with E-state index in [1.807, 2.05) is 70.1 Å². The fourth-order valence-electron chi connectivity index (χ4n) is 4.53. The lowest BCUT2D eigenvalue weighted by Crippen LogP contribution is -2.33. The molecule has 0 unspecified atom stereocenters. The van der Waals surface area contributed by atoms with Crippen LogP contribution in [0.25, 0.3) is 21.8 Å². The highest BCUT2D eigenvalue weighted by molar-refractivity contribution is 5.94. The van der Waals surface area contributed by atoms with Crippen molar-refractivity contribution in [2.75, 3.05) is 0 Å². The molecule has 0 atom stereocenters. The number of pyridine rings is 2. The summed E-state index contributed by atoms with van der Waals surface area (Å²) in [6.07, 6.45) is 4.51. The molecule has 174 valence electrons. The van der Waals surface area contributed by atoms with Gasteiger partial charge in [-0.1, -0.05) is 61.5 Å². The zero-order valence-electron chi connectivity index (χ0n) is 19.7. The van der Waals surface area contributed by atoms with E-state index in [0.717, 1.165) is 28.6 Å². The Morgan fingerprint density at radius 1 is 0.771 bits per heavy atom. The molecular formula is C30H27N3O2. The number of carbonyl (C=O) groups is 1. The van der Waals surface area contributed by atoms with Gasteiger partial charge >= 0.3 is 0 Å². The molecule has 5 aromatic rings. The van der Waals surface area contributed by atoms with Crippen LogP contribution in [0.5, 0.6) is 0 Å². The largest absolute Gasteiger partial charge is 0.332 e. The third-order valence-electron chi connectivity index (χ3n) is 6.43. The van der Waals surface area contributed by atoms with Crippen molar-refractivity contribution in [3.05, 3.63) is 124 Å². The quantitative estimate of drug-likeness (QED) is 0.307. The summed E-state index contributed by atoms with van der Waals surface area (Å²) >= 11 is 0. The first kappa shape index (κ1) is 22.5. The monoisotopic (exact) mass is 461 g/mol. The van der Waals surface area contributed by atoms with Crippen LogP contribution in [0.15, 0.2) is 102 Å². The molecule has 2 heterocycles. The van der Waals surface area contributed by atoms with Gasteiger partial charge in [0.15, 0.2) is 5.43 Å². The fourth-order valence-corrected chi connectivity index (χ4v) is 4.53. The van der Waals surface area contributed by atoms with Crippen LogP contribution in [0.2, 0.25) is 0 Å². The highest BCUT2D eigenvalue weighted by atomic mass is 16.2. The topological polar surface area (TPSA) is 55.2 Å². The number of fused-ring (bicyclic) bond motifs is 2. The Bertz CT molecular complexity index is 1480. The summed E-state index contributed by atoms with van der Waals surface area (Å²) in [6, 6.07) is 27.3. The second-order valence-corrected chi connectivity index (χ2v) is 8.73. The molecular weight excluding hydrogens is 434 g/mol. The van der Waals surface area contributed by atoms with E-state index >= 15 is 0 Å². The van der Waals surface area contributed by atoms with Gasteiger partial charge in [-0.05, 0) is 53.4 Å². The number of para-hydroxylation sites is 2. The summed E-state index contributed by atoms with van der Waals surface area (Å²) in [5.41, 5.74) is 4.83. The molecule has 0 aliphatic rings. The Hall–Kier alpha value is -4.25. The van der Waals surface area contributed by atoms with Crippen LogP contribution in [0.3, 0.4) is 0 Å². The van der Waals surface area contributed by atoms with Gasteiger partial charge in [-0.2, -0.15) is 0 Å². The number of amides is 1. The Morgan fingerprint density at radius 3 is 1.97 bits per heavy atom. The molecule has 5 rings (SSSR count). The normalized spacial score (nSPS) is 11.1. The van der Waals surface area contributed by atoms with Gasteiger partial charge in [0, 0.05) is 36.3 Å². The van der Waals surface area contributed by atoms with Crippen LogP contribution in [0.1, 0.15) is 23.6 Å². The maximum atomic E-state index is 13.8. The van der Waals surface area contributed by atoms with E-state index in [9.17, 15) is 9.59 Å². The van der Waals surface area contributed by atoms with E-state index in [4.69, 9.17) is 0 Å². The Balaban J connectivity index is 1.54. The highest BCUT2D eigenvalue weighted by Gasteiger charge is 2.18. The van der Waals surface area contributed by atoms with Crippen molar-refractivity contribution in [3.63, 3.8) is 0 Å². The van der Waals surface area contributed by atoms with Gasteiger partial charge in [-0.25, -0.2) is 0 Å². The second kappa shape index (κ2) is 9.94. The average molecular weight is 462 g/mol. The third kappa shape index (κ3) is 4.71. The number of aryl methyl sites for hydroxylation is 1. The Labute approximate surface area is 204 Å². The summed E-state index contributed by atoms with van der Waals surface area (Å²) < 4.78 is 1.96. The first-order valence-corrected chi connectivity index (χ1v) is 11.9. The van der Waals surface area contributed by atoms with Gasteiger partial charge in [0.2, 0.25) is 5.91 Å². The maximum absolute atomic E-state index is 13.8.